The van der Waals surface area contributed by atoms with Crippen LogP contribution in [0.2, 0.25) is 0 Å². The van der Waals surface area contributed by atoms with E-state index in [9.17, 15) is 15.0 Å². The lowest BCUT2D eigenvalue weighted by Gasteiger charge is -2.29. The van der Waals surface area contributed by atoms with Gasteiger partial charge < -0.3 is 34.5 Å². The molecule has 5 aliphatic heterocycles. The van der Waals surface area contributed by atoms with Crippen molar-refractivity contribution in [2.45, 2.75) is 26.2 Å². The minimum atomic E-state index is 0.0174. The second-order valence-electron chi connectivity index (χ2n) is 14.2. The van der Waals surface area contributed by atoms with Crippen molar-refractivity contribution in [3.63, 3.8) is 0 Å². The van der Waals surface area contributed by atoms with E-state index >= 15 is 0 Å². The number of ether oxygens (including phenoxy) is 4. The van der Waals surface area contributed by atoms with Crippen LogP contribution >= 0.6 is 0 Å². The van der Waals surface area contributed by atoms with Crippen molar-refractivity contribution in [1.29, 1.82) is 0 Å². The highest BCUT2D eigenvalue weighted by Crippen LogP contribution is 2.32. The number of phenolic OH excluding ortho intramolecular Hbond substituents is 2. The zero-order valence-electron chi connectivity index (χ0n) is 29.7. The van der Waals surface area contributed by atoms with Crippen molar-refractivity contribution in [2.24, 2.45) is 0 Å². The molecule has 2 aromatic rings. The molecule has 0 bridgehead atoms. The van der Waals surface area contributed by atoms with E-state index in [-0.39, 0.29) is 5.78 Å². The maximum atomic E-state index is 14.1. The lowest BCUT2D eigenvalue weighted by molar-refractivity contribution is -0.112. The van der Waals surface area contributed by atoms with Gasteiger partial charge in [-0.3, -0.25) is 24.4 Å². The number of carbonyl (C=O) groups is 1. The molecular formula is C39H53N5O7. The molecule has 276 valence electrons. The Balaban J connectivity index is 1.17. The van der Waals surface area contributed by atoms with Crippen molar-refractivity contribution in [3.05, 3.63) is 68.8 Å². The van der Waals surface area contributed by atoms with E-state index in [1.807, 2.05) is 36.4 Å². The maximum Gasteiger partial charge on any atom is 0.187 e. The summed E-state index contributed by atoms with van der Waals surface area (Å²) in [5.74, 6) is 0.678. The van der Waals surface area contributed by atoms with Gasteiger partial charge in [0.2, 0.25) is 0 Å². The van der Waals surface area contributed by atoms with Crippen LogP contribution in [0, 0.1) is 0 Å². The fraction of sp³-hybridized carbons (Fsp3) is 0.564. The summed E-state index contributed by atoms with van der Waals surface area (Å²) in [5, 5.41) is 26.4. The topological polar surface area (TPSA) is 119 Å². The summed E-state index contributed by atoms with van der Waals surface area (Å²) in [6.45, 7) is 15.5. The number of piperidine rings is 1. The molecule has 0 saturated carbocycles. The Labute approximate surface area is 301 Å². The molecule has 2 aromatic carbocycles. The highest BCUT2D eigenvalue weighted by molar-refractivity contribution is 6.14. The van der Waals surface area contributed by atoms with Crippen LogP contribution in [0.15, 0.2) is 35.4 Å². The Morgan fingerprint density at radius 2 is 0.784 bits per heavy atom. The first-order chi connectivity index (χ1) is 25.0. The van der Waals surface area contributed by atoms with Crippen LogP contribution in [0.1, 0.15) is 33.4 Å². The number of Topliss-reactive ketones (excluding diaryl/α,β-unsaturated/α-hetero) is 1. The number of ketones is 1. The summed E-state index contributed by atoms with van der Waals surface area (Å²) in [6.07, 6.45) is 3.97. The van der Waals surface area contributed by atoms with Gasteiger partial charge in [-0.25, -0.2) is 0 Å². The van der Waals surface area contributed by atoms with Gasteiger partial charge in [0.05, 0.1) is 52.9 Å². The van der Waals surface area contributed by atoms with Gasteiger partial charge in [0.25, 0.3) is 0 Å². The first-order valence-corrected chi connectivity index (χ1v) is 18.5. The third kappa shape index (κ3) is 9.64. The summed E-state index contributed by atoms with van der Waals surface area (Å²) < 4.78 is 22.2. The molecule has 5 saturated heterocycles. The summed E-state index contributed by atoms with van der Waals surface area (Å²) in [7, 11) is 0. The van der Waals surface area contributed by atoms with Gasteiger partial charge in [0.15, 0.2) is 5.78 Å². The number of phenols is 2. The largest absolute Gasteiger partial charge is 0.507 e. The number of aromatic hydroxyl groups is 2. The molecule has 7 rings (SSSR count). The molecule has 0 radical (unpaired) electrons. The van der Waals surface area contributed by atoms with Gasteiger partial charge in [-0.2, -0.15) is 0 Å². The number of nitrogens with zero attached hydrogens (tertiary/aromatic N) is 4. The van der Waals surface area contributed by atoms with Gasteiger partial charge >= 0.3 is 0 Å². The molecule has 5 aliphatic rings. The van der Waals surface area contributed by atoms with Crippen LogP contribution in [0.25, 0.3) is 12.2 Å². The van der Waals surface area contributed by atoms with E-state index < -0.39 is 0 Å². The van der Waals surface area contributed by atoms with E-state index in [0.717, 1.165) is 85.7 Å². The lowest BCUT2D eigenvalue weighted by atomic mass is 9.93. The number of rotatable bonds is 10. The Bertz CT molecular complexity index is 1380. The first kappa shape index (κ1) is 36.2. The summed E-state index contributed by atoms with van der Waals surface area (Å²) in [5.41, 5.74) is 6.67. The predicted octanol–water partition coefficient (Wildman–Crippen LogP) is 2.07. The Morgan fingerprint density at radius 1 is 0.510 bits per heavy atom. The van der Waals surface area contributed by atoms with Gasteiger partial charge in [-0.15, -0.1) is 0 Å². The van der Waals surface area contributed by atoms with E-state index in [0.29, 0.717) is 115 Å². The molecular weight excluding hydrogens is 650 g/mol. The Kier molecular flexibility index (Phi) is 12.5. The van der Waals surface area contributed by atoms with Gasteiger partial charge in [-0.1, -0.05) is 0 Å². The number of morpholine rings is 4. The summed E-state index contributed by atoms with van der Waals surface area (Å²) in [4.78, 5) is 23.3. The van der Waals surface area contributed by atoms with Crippen LogP contribution in [-0.2, 0) is 49.9 Å². The van der Waals surface area contributed by atoms with Crippen molar-refractivity contribution < 1.29 is 34.0 Å². The summed E-state index contributed by atoms with van der Waals surface area (Å²) in [6, 6.07) is 8.12. The average molecular weight is 704 g/mol. The van der Waals surface area contributed by atoms with Crippen molar-refractivity contribution in [2.75, 3.05) is 118 Å². The smallest absolute Gasteiger partial charge is 0.187 e. The van der Waals surface area contributed by atoms with E-state index in [4.69, 9.17) is 18.9 Å². The minimum Gasteiger partial charge on any atom is -0.507 e. The van der Waals surface area contributed by atoms with Crippen LogP contribution < -0.4 is 5.32 Å². The van der Waals surface area contributed by atoms with Crippen molar-refractivity contribution in [3.8, 4) is 11.5 Å². The van der Waals surface area contributed by atoms with Crippen LogP contribution in [0.3, 0.4) is 0 Å². The molecule has 0 unspecified atom stereocenters. The monoisotopic (exact) mass is 703 g/mol. The fourth-order valence-corrected chi connectivity index (χ4v) is 7.56. The van der Waals surface area contributed by atoms with Crippen molar-refractivity contribution >= 4 is 17.9 Å². The molecule has 12 heteroatoms. The fourth-order valence-electron chi connectivity index (χ4n) is 7.56. The third-order valence-corrected chi connectivity index (χ3v) is 10.5. The second kappa shape index (κ2) is 17.6. The Hall–Kier alpha value is -3.17. The highest BCUT2D eigenvalue weighted by Gasteiger charge is 2.24. The van der Waals surface area contributed by atoms with Crippen LogP contribution in [0.5, 0.6) is 11.5 Å². The first-order valence-electron chi connectivity index (χ1n) is 18.5. The quantitative estimate of drug-likeness (QED) is 0.315. The van der Waals surface area contributed by atoms with Gasteiger partial charge in [-0.05, 0) is 47.5 Å². The summed E-state index contributed by atoms with van der Waals surface area (Å²) >= 11 is 0. The minimum absolute atomic E-state index is 0.0174. The number of nitrogens with one attached hydrogen (secondary N) is 1. The lowest BCUT2D eigenvalue weighted by Crippen LogP contribution is -2.36. The molecule has 0 aromatic heterocycles. The van der Waals surface area contributed by atoms with Crippen LogP contribution in [0.4, 0.5) is 0 Å². The SMILES string of the molecule is O=C1C(=Cc2cc(CN3CCOCC3)c(O)c(CN3CCOCC3)c2)CNCC1=Cc1cc(CN2CCOCC2)c(O)c(CN2CCOCC2)c1. The molecule has 5 heterocycles. The maximum absolute atomic E-state index is 14.1. The molecule has 0 spiro atoms. The average Bonchev–Trinajstić information content (AvgIpc) is 3.15. The van der Waals surface area contributed by atoms with E-state index in [2.05, 4.69) is 24.9 Å². The van der Waals surface area contributed by atoms with Gasteiger partial charge in [0, 0.05) is 125 Å². The predicted molar refractivity (Wildman–Crippen MR) is 194 cm³/mol. The third-order valence-electron chi connectivity index (χ3n) is 10.5. The standard InChI is InChI=1S/C39H53N5O7/c45-37-31(17-29-19-33(25-41-1-9-48-10-2-41)38(46)34(20-29)26-42-3-11-49-12-4-42)23-40-24-32(37)18-30-21-35(27-43-5-13-50-14-6-43)39(47)36(22-30)28-44-7-15-51-16-8-44/h17-22,40,46-47H,1-16,23-28H2. The van der Waals surface area contributed by atoms with E-state index in [1.165, 1.54) is 0 Å². The van der Waals surface area contributed by atoms with Gasteiger partial charge in [0.1, 0.15) is 11.5 Å². The molecule has 0 atom stereocenters. The number of carbonyl (C=O) groups excluding carboxylic acids is 1. The number of hydrogen-bond donors (Lipinski definition) is 3. The molecule has 0 amide bonds. The zero-order valence-corrected chi connectivity index (χ0v) is 29.7. The molecule has 12 nitrogen and oxygen atoms in total. The Morgan fingerprint density at radius 3 is 1.06 bits per heavy atom. The second-order valence-corrected chi connectivity index (χ2v) is 14.2. The van der Waals surface area contributed by atoms with Crippen molar-refractivity contribution in [1.82, 2.24) is 24.9 Å². The number of hydrogen-bond acceptors (Lipinski definition) is 12. The highest BCUT2D eigenvalue weighted by atomic mass is 16.5. The van der Waals surface area contributed by atoms with E-state index in [1.54, 1.807) is 0 Å². The molecule has 0 aliphatic carbocycles. The number of benzene rings is 2. The van der Waals surface area contributed by atoms with Crippen LogP contribution in [-0.4, -0.2) is 154 Å². The normalized spacial score (nSPS) is 23.7. The molecule has 51 heavy (non-hydrogen) atoms. The zero-order chi connectivity index (χ0) is 35.0. The molecule has 5 fully saturated rings. The molecule has 3 N–H and O–H groups in total.